The maximum Gasteiger partial charge on any atom is 0.187 e. The molecular formula is C44H31NO2. The topological polar surface area (TPSA) is 22.8 Å². The van der Waals surface area contributed by atoms with Crippen LogP contribution in [0.25, 0.3) is 54.4 Å². The van der Waals surface area contributed by atoms with Gasteiger partial charge in [-0.3, -0.25) is 0 Å². The lowest BCUT2D eigenvalue weighted by molar-refractivity contribution is 0.163. The second-order valence-corrected chi connectivity index (χ2v) is 13.1. The molecule has 9 rings (SSSR count). The third-order valence-electron chi connectivity index (χ3n) is 10.3. The molecule has 1 heterocycles. The lowest BCUT2D eigenvalue weighted by Gasteiger charge is -2.38. The van der Waals surface area contributed by atoms with Crippen molar-refractivity contribution in [2.75, 3.05) is 7.11 Å². The molecule has 1 unspecified atom stereocenters. The molecule has 1 aliphatic carbocycles. The fourth-order valence-corrected chi connectivity index (χ4v) is 8.05. The first kappa shape index (κ1) is 27.5. The minimum absolute atomic E-state index is 0.322. The molecule has 0 amide bonds. The number of methoxy groups -OCH3 is 1. The third kappa shape index (κ3) is 3.79. The molecule has 0 aromatic heterocycles. The van der Waals surface area contributed by atoms with E-state index in [-0.39, 0.29) is 5.41 Å². The zero-order valence-electron chi connectivity index (χ0n) is 26.5. The number of ether oxygens (including phenoxy) is 2. The summed E-state index contributed by atoms with van der Waals surface area (Å²) >= 11 is 0. The Morgan fingerprint density at radius 3 is 2.17 bits per heavy atom. The molecular weight excluding hydrogens is 574 g/mol. The molecule has 7 aromatic carbocycles. The van der Waals surface area contributed by atoms with Crippen molar-refractivity contribution in [2.45, 2.75) is 24.9 Å². The van der Waals surface area contributed by atoms with Crippen molar-refractivity contribution in [3.05, 3.63) is 167 Å². The highest BCUT2D eigenvalue weighted by atomic mass is 16.5. The van der Waals surface area contributed by atoms with Gasteiger partial charge in [-0.1, -0.05) is 123 Å². The number of fused-ring (bicyclic) bond motifs is 11. The van der Waals surface area contributed by atoms with Gasteiger partial charge in [-0.2, -0.15) is 0 Å². The van der Waals surface area contributed by atoms with E-state index >= 15 is 0 Å². The normalized spacial score (nSPS) is 17.1. The molecule has 0 N–H and O–H groups in total. The Labute approximate surface area is 274 Å². The van der Waals surface area contributed by atoms with Gasteiger partial charge >= 0.3 is 0 Å². The quantitative estimate of drug-likeness (QED) is 0.148. The molecule has 0 saturated heterocycles. The van der Waals surface area contributed by atoms with Crippen molar-refractivity contribution in [3.8, 4) is 22.6 Å². The van der Waals surface area contributed by atoms with Gasteiger partial charge in [0.15, 0.2) is 11.3 Å². The SMILES string of the molecule is [C-]#[N+]c1ccc2c(c1)C(C)(C)c1c3c(c4ccccc4c1-2)OC(c1ccc(OC)cc1)(c1ccc2c(ccc4ccccc42)c1)C=C3. The summed E-state index contributed by atoms with van der Waals surface area (Å²) in [5.41, 5.74) is 7.49. The second-order valence-electron chi connectivity index (χ2n) is 13.1. The van der Waals surface area contributed by atoms with E-state index in [9.17, 15) is 0 Å². The summed E-state index contributed by atoms with van der Waals surface area (Å²) < 4.78 is 13.1. The zero-order chi connectivity index (χ0) is 31.9. The summed E-state index contributed by atoms with van der Waals surface area (Å²) in [4.78, 5) is 3.77. The van der Waals surface area contributed by atoms with E-state index in [0.717, 1.165) is 39.0 Å². The first-order valence-corrected chi connectivity index (χ1v) is 16.0. The first-order chi connectivity index (χ1) is 22.9. The Bertz CT molecular complexity index is 2520. The van der Waals surface area contributed by atoms with E-state index in [2.05, 4.69) is 134 Å². The van der Waals surface area contributed by atoms with Crippen LogP contribution in [0, 0.1) is 6.57 Å². The number of benzene rings is 7. The van der Waals surface area contributed by atoms with Crippen LogP contribution in [-0.2, 0) is 11.0 Å². The van der Waals surface area contributed by atoms with Gasteiger partial charge in [0.2, 0.25) is 0 Å². The molecule has 3 nitrogen and oxygen atoms in total. The Hall–Kier alpha value is -5.85. The molecule has 1 aliphatic heterocycles. The van der Waals surface area contributed by atoms with E-state index in [1.807, 2.05) is 18.2 Å². The summed E-state index contributed by atoms with van der Waals surface area (Å²) in [6, 6.07) is 42.6. The van der Waals surface area contributed by atoms with Gasteiger partial charge in [-0.25, -0.2) is 4.85 Å². The number of hydrogen-bond donors (Lipinski definition) is 0. The highest BCUT2D eigenvalue weighted by Crippen LogP contribution is 2.58. The Balaban J connectivity index is 1.32. The third-order valence-corrected chi connectivity index (χ3v) is 10.3. The van der Waals surface area contributed by atoms with Gasteiger partial charge in [-0.15, -0.1) is 0 Å². The van der Waals surface area contributed by atoms with Crippen molar-refractivity contribution in [2.24, 2.45) is 0 Å². The highest BCUT2D eigenvalue weighted by molar-refractivity contribution is 6.09. The van der Waals surface area contributed by atoms with E-state index < -0.39 is 5.60 Å². The van der Waals surface area contributed by atoms with E-state index in [1.165, 1.54) is 43.8 Å². The molecule has 0 bridgehead atoms. The van der Waals surface area contributed by atoms with Crippen molar-refractivity contribution < 1.29 is 9.47 Å². The van der Waals surface area contributed by atoms with Crippen LogP contribution in [-0.4, -0.2) is 7.11 Å². The molecule has 2 aliphatic rings. The Morgan fingerprint density at radius 1 is 0.681 bits per heavy atom. The van der Waals surface area contributed by atoms with Gasteiger partial charge in [-0.05, 0) is 73.5 Å². The Morgan fingerprint density at radius 2 is 1.38 bits per heavy atom. The van der Waals surface area contributed by atoms with Gasteiger partial charge < -0.3 is 9.47 Å². The van der Waals surface area contributed by atoms with Crippen LogP contribution >= 0.6 is 0 Å². The molecule has 224 valence electrons. The number of nitrogens with zero attached hydrogens (tertiary/aromatic N) is 1. The predicted octanol–water partition coefficient (Wildman–Crippen LogP) is 11.4. The summed E-state index contributed by atoms with van der Waals surface area (Å²) in [6.45, 7) is 12.2. The Kier molecular flexibility index (Phi) is 5.74. The van der Waals surface area contributed by atoms with Crippen LogP contribution in [0.3, 0.4) is 0 Å². The second kappa shape index (κ2) is 9.82. The van der Waals surface area contributed by atoms with Gasteiger partial charge in [0.25, 0.3) is 0 Å². The minimum Gasteiger partial charge on any atom is -0.497 e. The number of rotatable bonds is 3. The molecule has 0 spiro atoms. The molecule has 7 aromatic rings. The van der Waals surface area contributed by atoms with Crippen LogP contribution in [0.1, 0.15) is 41.7 Å². The molecule has 1 atom stereocenters. The van der Waals surface area contributed by atoms with Crippen molar-refractivity contribution >= 4 is 44.1 Å². The van der Waals surface area contributed by atoms with E-state index in [4.69, 9.17) is 16.0 Å². The van der Waals surface area contributed by atoms with Crippen LogP contribution in [0.5, 0.6) is 11.5 Å². The van der Waals surface area contributed by atoms with Gasteiger partial charge in [0.1, 0.15) is 11.5 Å². The predicted molar refractivity (Wildman–Crippen MR) is 193 cm³/mol. The highest BCUT2D eigenvalue weighted by Gasteiger charge is 2.44. The summed E-state index contributed by atoms with van der Waals surface area (Å²) in [5.74, 6) is 1.68. The monoisotopic (exact) mass is 605 g/mol. The average molecular weight is 606 g/mol. The fraction of sp³-hybridized carbons (Fsp3) is 0.114. The minimum atomic E-state index is -0.886. The van der Waals surface area contributed by atoms with Crippen molar-refractivity contribution in [3.63, 3.8) is 0 Å². The van der Waals surface area contributed by atoms with Crippen LogP contribution in [0.2, 0.25) is 0 Å². The smallest absolute Gasteiger partial charge is 0.187 e. The molecule has 0 fully saturated rings. The lowest BCUT2D eigenvalue weighted by atomic mass is 9.76. The maximum atomic E-state index is 7.69. The van der Waals surface area contributed by atoms with Gasteiger partial charge in [0, 0.05) is 27.5 Å². The van der Waals surface area contributed by atoms with E-state index in [0.29, 0.717) is 5.69 Å². The van der Waals surface area contributed by atoms with Crippen molar-refractivity contribution in [1.82, 2.24) is 0 Å². The first-order valence-electron chi connectivity index (χ1n) is 16.0. The zero-order valence-corrected chi connectivity index (χ0v) is 26.5. The van der Waals surface area contributed by atoms with Crippen LogP contribution < -0.4 is 9.47 Å². The maximum absolute atomic E-state index is 7.69. The van der Waals surface area contributed by atoms with Gasteiger partial charge in [0.05, 0.1) is 13.7 Å². The van der Waals surface area contributed by atoms with Crippen molar-refractivity contribution in [1.29, 1.82) is 0 Å². The fourth-order valence-electron chi connectivity index (χ4n) is 8.05. The molecule has 0 radical (unpaired) electrons. The summed E-state index contributed by atoms with van der Waals surface area (Å²) in [6.07, 6.45) is 4.51. The molecule has 0 saturated carbocycles. The van der Waals surface area contributed by atoms with Crippen LogP contribution in [0.4, 0.5) is 5.69 Å². The lowest BCUT2D eigenvalue weighted by Crippen LogP contribution is -2.35. The molecule has 3 heteroatoms. The largest absolute Gasteiger partial charge is 0.497 e. The summed E-state index contributed by atoms with van der Waals surface area (Å²) in [5, 5.41) is 7.10. The number of hydrogen-bond acceptors (Lipinski definition) is 2. The van der Waals surface area contributed by atoms with Crippen LogP contribution in [0.15, 0.2) is 127 Å². The standard InChI is InChI=1S/C44H31NO2/c1-43(2)39-26-31(45-3)18-22-37(39)40-35-11-7-8-12-36(35)42-38(41(40)43)23-24-44(47-42,29-15-19-32(46-4)20-16-29)30-17-21-34-28(25-30)14-13-27-9-5-6-10-33(27)34/h5-26H,1-2,4H3. The summed E-state index contributed by atoms with van der Waals surface area (Å²) in [7, 11) is 1.69. The average Bonchev–Trinajstić information content (AvgIpc) is 3.37. The molecule has 47 heavy (non-hydrogen) atoms. The van der Waals surface area contributed by atoms with E-state index in [1.54, 1.807) is 7.11 Å².